The fraction of sp³-hybridized carbons (Fsp3) is 0.562. The second kappa shape index (κ2) is 6.24. The first kappa shape index (κ1) is 15.5. The van der Waals surface area contributed by atoms with Crippen LogP contribution in [0, 0.1) is 5.41 Å². The topological polar surface area (TPSA) is 62.3 Å². The van der Waals surface area contributed by atoms with Crippen molar-refractivity contribution in [1.29, 1.82) is 0 Å². The van der Waals surface area contributed by atoms with Gasteiger partial charge in [-0.15, -0.1) is 0 Å². The lowest BCUT2D eigenvalue weighted by Crippen LogP contribution is -2.45. The maximum atomic E-state index is 12.1. The fourth-order valence-corrected chi connectivity index (χ4v) is 2.45. The Morgan fingerprint density at radius 1 is 1.24 bits per heavy atom. The van der Waals surface area contributed by atoms with Crippen LogP contribution in [-0.2, 0) is 16.1 Å². The average molecular weight is 289 g/mol. The molecule has 0 aliphatic carbocycles. The third-order valence-corrected chi connectivity index (χ3v) is 3.58. The van der Waals surface area contributed by atoms with Gasteiger partial charge in [-0.25, -0.2) is 4.98 Å². The lowest BCUT2D eigenvalue weighted by molar-refractivity contribution is -0.153. The second-order valence-corrected chi connectivity index (χ2v) is 6.37. The Kier molecular flexibility index (Phi) is 4.60. The number of carbonyl (C=O) groups is 2. The number of pyridine rings is 1. The van der Waals surface area contributed by atoms with Gasteiger partial charge in [-0.2, -0.15) is 0 Å². The molecule has 5 nitrogen and oxygen atoms in total. The second-order valence-electron chi connectivity index (χ2n) is 6.37. The summed E-state index contributed by atoms with van der Waals surface area (Å²) in [4.78, 5) is 29.9. The molecule has 0 saturated carbocycles. The van der Waals surface area contributed by atoms with Gasteiger partial charge in [0, 0.05) is 25.6 Å². The van der Waals surface area contributed by atoms with Crippen molar-refractivity contribution >= 4 is 17.6 Å². The first-order valence-electron chi connectivity index (χ1n) is 7.43. The lowest BCUT2D eigenvalue weighted by atomic mass is 9.81. The Morgan fingerprint density at radius 3 is 2.43 bits per heavy atom. The first-order chi connectivity index (χ1) is 9.91. The molecule has 2 rings (SSSR count). The SMILES string of the molecule is CCCNc1ccc(CN2C(=O)CC(C)(C)CC2=O)cn1. The molecule has 1 saturated heterocycles. The maximum absolute atomic E-state index is 12.1. The summed E-state index contributed by atoms with van der Waals surface area (Å²) in [7, 11) is 0. The number of anilines is 1. The predicted octanol–water partition coefficient (Wildman–Crippen LogP) is 2.58. The average Bonchev–Trinajstić information content (AvgIpc) is 2.41. The van der Waals surface area contributed by atoms with Gasteiger partial charge in [0.2, 0.25) is 11.8 Å². The van der Waals surface area contributed by atoms with Crippen molar-refractivity contribution < 1.29 is 9.59 Å². The summed E-state index contributed by atoms with van der Waals surface area (Å²) in [6, 6.07) is 3.79. The maximum Gasteiger partial charge on any atom is 0.230 e. The van der Waals surface area contributed by atoms with Crippen LogP contribution in [0.25, 0.3) is 0 Å². The Balaban J connectivity index is 2.01. The highest BCUT2D eigenvalue weighted by molar-refractivity contribution is 5.98. The molecule has 0 unspecified atom stereocenters. The Bertz CT molecular complexity index is 503. The van der Waals surface area contributed by atoms with Crippen LogP contribution >= 0.6 is 0 Å². The minimum atomic E-state index is -0.225. The number of likely N-dealkylation sites (tertiary alicyclic amines) is 1. The standard InChI is InChI=1S/C16H23N3O2/c1-4-7-17-13-6-5-12(10-18-13)11-19-14(20)8-16(2,3)9-15(19)21/h5-6,10H,4,7-9,11H2,1-3H3,(H,17,18). The zero-order valence-electron chi connectivity index (χ0n) is 13.0. The van der Waals surface area contributed by atoms with E-state index in [0.717, 1.165) is 24.3 Å². The number of piperidine rings is 1. The molecule has 2 amide bonds. The summed E-state index contributed by atoms with van der Waals surface area (Å²) in [5, 5.41) is 3.19. The quantitative estimate of drug-likeness (QED) is 0.846. The van der Waals surface area contributed by atoms with E-state index in [1.54, 1.807) is 6.20 Å². The van der Waals surface area contributed by atoms with Crippen LogP contribution in [0.4, 0.5) is 5.82 Å². The molecule has 0 radical (unpaired) electrons. The van der Waals surface area contributed by atoms with Crippen molar-refractivity contribution in [3.05, 3.63) is 23.9 Å². The largest absolute Gasteiger partial charge is 0.370 e. The van der Waals surface area contributed by atoms with Gasteiger partial charge in [0.05, 0.1) is 6.54 Å². The highest BCUT2D eigenvalue weighted by Gasteiger charge is 2.37. The molecule has 0 bridgehead atoms. The van der Waals surface area contributed by atoms with Crippen molar-refractivity contribution in [2.24, 2.45) is 5.41 Å². The number of imide groups is 1. The number of hydrogen-bond acceptors (Lipinski definition) is 4. The molecule has 0 aromatic carbocycles. The van der Waals surface area contributed by atoms with E-state index < -0.39 is 0 Å². The number of aromatic nitrogens is 1. The summed E-state index contributed by atoms with van der Waals surface area (Å²) in [6.07, 6.45) is 3.60. The number of carbonyl (C=O) groups excluding carboxylic acids is 2. The van der Waals surface area contributed by atoms with E-state index in [9.17, 15) is 9.59 Å². The van der Waals surface area contributed by atoms with Gasteiger partial charge in [-0.05, 0) is 23.5 Å². The van der Waals surface area contributed by atoms with Crippen molar-refractivity contribution in [3.8, 4) is 0 Å². The summed E-state index contributed by atoms with van der Waals surface area (Å²) in [5.41, 5.74) is 0.648. The molecule has 0 spiro atoms. The van der Waals surface area contributed by atoms with Crippen LogP contribution in [0.2, 0.25) is 0 Å². The Hall–Kier alpha value is -1.91. The van der Waals surface area contributed by atoms with Gasteiger partial charge < -0.3 is 5.32 Å². The van der Waals surface area contributed by atoms with E-state index in [1.807, 2.05) is 26.0 Å². The number of amides is 2. The summed E-state index contributed by atoms with van der Waals surface area (Å²) in [5.74, 6) is 0.631. The predicted molar refractivity (Wildman–Crippen MR) is 81.6 cm³/mol. The van der Waals surface area contributed by atoms with Crippen LogP contribution in [0.15, 0.2) is 18.3 Å². The van der Waals surface area contributed by atoms with E-state index in [4.69, 9.17) is 0 Å². The molecule has 0 atom stereocenters. The van der Waals surface area contributed by atoms with Crippen molar-refractivity contribution in [3.63, 3.8) is 0 Å². The lowest BCUT2D eigenvalue weighted by Gasteiger charge is -2.34. The number of nitrogens with zero attached hydrogens (tertiary/aromatic N) is 2. The van der Waals surface area contributed by atoms with Crippen LogP contribution in [0.3, 0.4) is 0 Å². The first-order valence-corrected chi connectivity index (χ1v) is 7.43. The molecule has 114 valence electrons. The van der Waals surface area contributed by atoms with Gasteiger partial charge in [0.15, 0.2) is 0 Å². The van der Waals surface area contributed by atoms with Crippen LogP contribution in [0.5, 0.6) is 0 Å². The highest BCUT2D eigenvalue weighted by Crippen LogP contribution is 2.32. The molecule has 1 aromatic rings. The van der Waals surface area contributed by atoms with E-state index in [-0.39, 0.29) is 17.2 Å². The van der Waals surface area contributed by atoms with Crippen LogP contribution in [0.1, 0.15) is 45.6 Å². The molecule has 1 aliphatic heterocycles. The van der Waals surface area contributed by atoms with Crippen molar-refractivity contribution in [2.75, 3.05) is 11.9 Å². The van der Waals surface area contributed by atoms with Crippen molar-refractivity contribution in [1.82, 2.24) is 9.88 Å². The van der Waals surface area contributed by atoms with Gasteiger partial charge in [0.1, 0.15) is 5.82 Å². The molecular formula is C16H23N3O2. The van der Waals surface area contributed by atoms with Gasteiger partial charge in [-0.1, -0.05) is 26.8 Å². The number of nitrogens with one attached hydrogen (secondary N) is 1. The monoisotopic (exact) mass is 289 g/mol. The third kappa shape index (κ3) is 4.03. The van der Waals surface area contributed by atoms with Crippen molar-refractivity contribution in [2.45, 2.75) is 46.6 Å². The van der Waals surface area contributed by atoms with E-state index in [1.165, 1.54) is 4.90 Å². The molecular weight excluding hydrogens is 266 g/mol. The Morgan fingerprint density at radius 2 is 1.90 bits per heavy atom. The molecule has 1 aliphatic rings. The molecule has 1 N–H and O–H groups in total. The smallest absolute Gasteiger partial charge is 0.230 e. The van der Waals surface area contributed by atoms with E-state index in [0.29, 0.717) is 19.4 Å². The minimum absolute atomic E-state index is 0.0931. The molecule has 1 aromatic heterocycles. The van der Waals surface area contributed by atoms with Gasteiger partial charge >= 0.3 is 0 Å². The van der Waals surface area contributed by atoms with E-state index in [2.05, 4.69) is 17.2 Å². The molecule has 2 heterocycles. The Labute approximate surface area is 125 Å². The van der Waals surface area contributed by atoms with E-state index >= 15 is 0 Å². The van der Waals surface area contributed by atoms with Gasteiger partial charge in [-0.3, -0.25) is 14.5 Å². The summed E-state index contributed by atoms with van der Waals surface area (Å²) < 4.78 is 0. The molecule has 1 fully saturated rings. The van der Waals surface area contributed by atoms with Crippen LogP contribution < -0.4 is 5.32 Å². The highest BCUT2D eigenvalue weighted by atomic mass is 16.2. The minimum Gasteiger partial charge on any atom is -0.370 e. The molecule has 5 heteroatoms. The molecule has 21 heavy (non-hydrogen) atoms. The number of hydrogen-bond donors (Lipinski definition) is 1. The zero-order valence-corrected chi connectivity index (χ0v) is 13.0. The summed E-state index contributed by atoms with van der Waals surface area (Å²) >= 11 is 0. The van der Waals surface area contributed by atoms with Crippen LogP contribution in [-0.4, -0.2) is 28.2 Å². The zero-order chi connectivity index (χ0) is 15.5. The normalized spacial score (nSPS) is 18.0. The van der Waals surface area contributed by atoms with Gasteiger partial charge in [0.25, 0.3) is 0 Å². The summed E-state index contributed by atoms with van der Waals surface area (Å²) in [6.45, 7) is 7.20. The number of rotatable bonds is 5. The third-order valence-electron chi connectivity index (χ3n) is 3.58. The fourth-order valence-electron chi connectivity index (χ4n) is 2.45.